The maximum Gasteiger partial charge on any atom is 0.222 e. The summed E-state index contributed by atoms with van der Waals surface area (Å²) in [6, 6.07) is -0.212. The lowest BCUT2D eigenvalue weighted by Gasteiger charge is -2.22. The minimum absolute atomic E-state index is 0.0773. The number of piperidine rings is 1. The number of hydrogen-bond donors (Lipinski definition) is 2. The van der Waals surface area contributed by atoms with Crippen molar-refractivity contribution in [1.29, 1.82) is 0 Å². The Hall–Kier alpha value is -0.660. The van der Waals surface area contributed by atoms with Crippen molar-refractivity contribution in [2.75, 3.05) is 31.2 Å². The van der Waals surface area contributed by atoms with Gasteiger partial charge in [-0.05, 0) is 32.4 Å². The van der Waals surface area contributed by atoms with Crippen molar-refractivity contribution < 1.29 is 17.9 Å². The van der Waals surface area contributed by atoms with Crippen molar-refractivity contribution in [3.63, 3.8) is 0 Å². The molecule has 2 aliphatic rings. The number of nitrogens with one attached hydrogen (secondary N) is 2. The summed E-state index contributed by atoms with van der Waals surface area (Å²) in [5, 5.41) is 6.02. The molecule has 7 heteroatoms. The molecule has 2 aliphatic heterocycles. The van der Waals surface area contributed by atoms with Gasteiger partial charge in [-0.2, -0.15) is 0 Å². The fourth-order valence-electron chi connectivity index (χ4n) is 2.49. The third kappa shape index (κ3) is 5.08. The molecular weight excluding hydrogens is 268 g/mol. The van der Waals surface area contributed by atoms with Crippen LogP contribution in [0, 0.1) is 0 Å². The Kier molecular flexibility index (Phi) is 5.18. The van der Waals surface area contributed by atoms with Crippen molar-refractivity contribution >= 4 is 15.7 Å². The van der Waals surface area contributed by atoms with E-state index in [0.717, 1.165) is 25.9 Å². The molecule has 0 radical (unpaired) electrons. The molecule has 2 saturated heterocycles. The van der Waals surface area contributed by atoms with Gasteiger partial charge in [0, 0.05) is 12.5 Å². The van der Waals surface area contributed by atoms with Gasteiger partial charge in [-0.25, -0.2) is 8.42 Å². The van der Waals surface area contributed by atoms with Crippen molar-refractivity contribution in [2.45, 2.75) is 37.8 Å². The van der Waals surface area contributed by atoms with Crippen molar-refractivity contribution in [3.8, 4) is 0 Å². The highest BCUT2D eigenvalue weighted by Gasteiger charge is 2.28. The van der Waals surface area contributed by atoms with E-state index in [1.165, 1.54) is 0 Å². The van der Waals surface area contributed by atoms with Gasteiger partial charge in [-0.15, -0.1) is 0 Å². The van der Waals surface area contributed by atoms with Crippen LogP contribution < -0.4 is 10.6 Å². The Bertz CT molecular complexity index is 404. The van der Waals surface area contributed by atoms with E-state index in [4.69, 9.17) is 4.74 Å². The van der Waals surface area contributed by atoms with E-state index in [0.29, 0.717) is 19.4 Å². The number of carbonyl (C=O) groups excluding carboxylic acids is 1. The first kappa shape index (κ1) is 14.7. The summed E-state index contributed by atoms with van der Waals surface area (Å²) < 4.78 is 28.2. The Labute approximate surface area is 114 Å². The van der Waals surface area contributed by atoms with Crippen LogP contribution in [0.3, 0.4) is 0 Å². The first-order valence-corrected chi connectivity index (χ1v) is 8.69. The summed E-state index contributed by atoms with van der Waals surface area (Å²) in [5.41, 5.74) is 0. The first-order chi connectivity index (χ1) is 9.05. The van der Waals surface area contributed by atoms with Crippen LogP contribution in [0.25, 0.3) is 0 Å². The average molecular weight is 290 g/mol. The summed E-state index contributed by atoms with van der Waals surface area (Å²) in [6.07, 6.45) is 3.07. The Morgan fingerprint density at radius 3 is 2.63 bits per heavy atom. The molecule has 0 aromatic heterocycles. The number of hydrogen-bond acceptors (Lipinski definition) is 5. The first-order valence-electron chi connectivity index (χ1n) is 6.87. The molecule has 0 saturated carbocycles. The van der Waals surface area contributed by atoms with Crippen molar-refractivity contribution in [2.24, 2.45) is 0 Å². The zero-order chi connectivity index (χ0) is 13.7. The Morgan fingerprint density at radius 2 is 2.00 bits per heavy atom. The highest BCUT2D eigenvalue weighted by Crippen LogP contribution is 2.11. The molecule has 2 fully saturated rings. The molecule has 0 aromatic carbocycles. The van der Waals surface area contributed by atoms with Gasteiger partial charge in [0.1, 0.15) is 0 Å². The molecule has 0 aliphatic carbocycles. The highest BCUT2D eigenvalue weighted by molar-refractivity contribution is 7.91. The van der Waals surface area contributed by atoms with E-state index in [9.17, 15) is 13.2 Å². The number of carbonyl (C=O) groups is 1. The molecule has 0 spiro atoms. The van der Waals surface area contributed by atoms with Crippen LogP contribution in [0.15, 0.2) is 0 Å². The van der Waals surface area contributed by atoms with Gasteiger partial charge in [-0.1, -0.05) is 0 Å². The summed E-state index contributed by atoms with van der Waals surface area (Å²) >= 11 is 0. The standard InChI is InChI=1S/C12H22N2O4S/c15-12(14-10-4-8-19(16,17)9-10)3-7-18-11-1-5-13-6-2-11/h10-11,13H,1-9H2,(H,14,15). The van der Waals surface area contributed by atoms with Crippen LogP contribution in [-0.4, -0.2) is 57.7 Å². The van der Waals surface area contributed by atoms with E-state index in [-0.39, 0.29) is 29.6 Å². The molecule has 1 atom stereocenters. The van der Waals surface area contributed by atoms with Crippen LogP contribution in [0.4, 0.5) is 0 Å². The molecule has 2 heterocycles. The van der Waals surface area contributed by atoms with E-state index >= 15 is 0 Å². The minimum atomic E-state index is -2.93. The number of rotatable bonds is 5. The molecule has 2 N–H and O–H groups in total. The van der Waals surface area contributed by atoms with Gasteiger partial charge < -0.3 is 15.4 Å². The monoisotopic (exact) mass is 290 g/mol. The van der Waals surface area contributed by atoms with Crippen LogP contribution in [0.1, 0.15) is 25.7 Å². The van der Waals surface area contributed by atoms with E-state index in [2.05, 4.69) is 10.6 Å². The molecule has 19 heavy (non-hydrogen) atoms. The second kappa shape index (κ2) is 6.67. The second-order valence-electron chi connectivity index (χ2n) is 5.24. The Morgan fingerprint density at radius 1 is 1.26 bits per heavy atom. The maximum absolute atomic E-state index is 11.7. The lowest BCUT2D eigenvalue weighted by atomic mass is 10.1. The van der Waals surface area contributed by atoms with Crippen LogP contribution in [0.2, 0.25) is 0 Å². The molecule has 0 aromatic rings. The molecule has 1 amide bonds. The number of amides is 1. The number of sulfone groups is 1. The average Bonchev–Trinajstić information content (AvgIpc) is 2.70. The zero-order valence-corrected chi connectivity index (χ0v) is 11.9. The second-order valence-corrected chi connectivity index (χ2v) is 7.47. The fourth-order valence-corrected chi connectivity index (χ4v) is 4.16. The number of ether oxygens (including phenoxy) is 1. The summed E-state index contributed by atoms with van der Waals surface area (Å²) in [6.45, 7) is 2.35. The molecule has 110 valence electrons. The van der Waals surface area contributed by atoms with Crippen LogP contribution in [0.5, 0.6) is 0 Å². The largest absolute Gasteiger partial charge is 0.378 e. The van der Waals surface area contributed by atoms with Gasteiger partial charge in [0.15, 0.2) is 9.84 Å². The smallest absolute Gasteiger partial charge is 0.222 e. The summed E-state index contributed by atoms with van der Waals surface area (Å²) in [7, 11) is -2.93. The lowest BCUT2D eigenvalue weighted by Crippen LogP contribution is -2.37. The van der Waals surface area contributed by atoms with Crippen molar-refractivity contribution in [1.82, 2.24) is 10.6 Å². The predicted molar refractivity (Wildman–Crippen MR) is 71.7 cm³/mol. The summed E-state index contributed by atoms with van der Waals surface area (Å²) in [5.74, 6) is 0.147. The molecule has 0 bridgehead atoms. The van der Waals surface area contributed by atoms with Crippen LogP contribution in [-0.2, 0) is 19.4 Å². The van der Waals surface area contributed by atoms with Gasteiger partial charge in [-0.3, -0.25) is 4.79 Å². The molecular formula is C12H22N2O4S. The Balaban J connectivity index is 1.59. The van der Waals surface area contributed by atoms with Crippen LogP contribution >= 0.6 is 0 Å². The molecule has 1 unspecified atom stereocenters. The van der Waals surface area contributed by atoms with Gasteiger partial charge in [0.2, 0.25) is 5.91 Å². The third-order valence-electron chi connectivity index (χ3n) is 3.57. The molecule has 6 nitrogen and oxygen atoms in total. The van der Waals surface area contributed by atoms with Gasteiger partial charge >= 0.3 is 0 Å². The third-order valence-corrected chi connectivity index (χ3v) is 5.33. The SMILES string of the molecule is O=C(CCOC1CCNCC1)NC1CCS(=O)(=O)C1. The zero-order valence-electron chi connectivity index (χ0n) is 11.1. The summed E-state index contributed by atoms with van der Waals surface area (Å²) in [4.78, 5) is 11.7. The minimum Gasteiger partial charge on any atom is -0.378 e. The lowest BCUT2D eigenvalue weighted by molar-refractivity contribution is -0.123. The quantitative estimate of drug-likeness (QED) is 0.709. The topological polar surface area (TPSA) is 84.5 Å². The molecule has 2 rings (SSSR count). The highest BCUT2D eigenvalue weighted by atomic mass is 32.2. The van der Waals surface area contributed by atoms with E-state index in [1.807, 2.05) is 0 Å². The normalized spacial score (nSPS) is 27.3. The predicted octanol–water partition coefficient (Wildman–Crippen LogP) is -0.552. The van der Waals surface area contributed by atoms with E-state index in [1.54, 1.807) is 0 Å². The van der Waals surface area contributed by atoms with Gasteiger partial charge in [0.25, 0.3) is 0 Å². The van der Waals surface area contributed by atoms with Crippen molar-refractivity contribution in [3.05, 3.63) is 0 Å². The van der Waals surface area contributed by atoms with E-state index < -0.39 is 9.84 Å². The maximum atomic E-state index is 11.7. The van der Waals surface area contributed by atoms with Gasteiger partial charge in [0.05, 0.1) is 24.2 Å². The fraction of sp³-hybridized carbons (Fsp3) is 0.917.